The number of nitrogens with zero attached hydrogens (tertiary/aromatic N) is 2. The van der Waals surface area contributed by atoms with Crippen LogP contribution in [0.2, 0.25) is 0 Å². The second kappa shape index (κ2) is 15.0. The average Bonchev–Trinajstić information content (AvgIpc) is 3.33. The van der Waals surface area contributed by atoms with E-state index in [0.717, 1.165) is 22.8 Å². The molecule has 10 heteroatoms. The third-order valence-electron chi connectivity index (χ3n) is 8.98. The van der Waals surface area contributed by atoms with Gasteiger partial charge in [0.1, 0.15) is 17.7 Å². The van der Waals surface area contributed by atoms with Crippen LogP contribution in [0, 0.1) is 17.6 Å². The van der Waals surface area contributed by atoms with Crippen molar-refractivity contribution in [2.24, 2.45) is 5.92 Å². The fourth-order valence-electron chi connectivity index (χ4n) is 6.71. The molecule has 2 aliphatic rings. The van der Waals surface area contributed by atoms with E-state index in [9.17, 15) is 28.6 Å². The number of aliphatic hydroxyl groups is 2. The van der Waals surface area contributed by atoms with Crippen LogP contribution >= 0.6 is 0 Å². The Hall–Kier alpha value is -3.70. The molecule has 3 aromatic rings. The molecule has 5 atom stereocenters. The lowest BCUT2D eigenvalue weighted by Crippen LogP contribution is -2.62. The number of β-amino-alcohol motifs (C(OH)–C–C–N with tert-alkyl or cyclic N) is 1. The van der Waals surface area contributed by atoms with Crippen molar-refractivity contribution in [2.45, 2.75) is 76.4 Å². The lowest BCUT2D eigenvalue weighted by Gasteiger charge is -2.42. The number of halogens is 2. The molecule has 1 heterocycles. The third-order valence-corrected chi connectivity index (χ3v) is 8.98. The maximum Gasteiger partial charge on any atom is 0.239 e. The van der Waals surface area contributed by atoms with Gasteiger partial charge in [0.25, 0.3) is 0 Å². The molecule has 4 N–H and O–H groups in total. The predicted octanol–water partition coefficient (Wildman–Crippen LogP) is 3.75. The van der Waals surface area contributed by atoms with Crippen LogP contribution < -0.4 is 10.6 Å². The van der Waals surface area contributed by atoms with Crippen molar-refractivity contribution < 1.29 is 28.6 Å². The Bertz CT molecular complexity index is 1530. The zero-order valence-corrected chi connectivity index (χ0v) is 27.3. The normalized spacial score (nSPS) is 21.6. The Balaban J connectivity index is 1.29. The zero-order chi connectivity index (χ0) is 33.7. The number of hydrogen-bond acceptors (Lipinski definition) is 6. The highest BCUT2D eigenvalue weighted by atomic mass is 19.1. The van der Waals surface area contributed by atoms with Crippen LogP contribution in [0.1, 0.15) is 55.5 Å². The van der Waals surface area contributed by atoms with Crippen LogP contribution in [-0.4, -0.2) is 81.8 Å². The van der Waals surface area contributed by atoms with E-state index in [2.05, 4.69) is 10.6 Å². The Kier molecular flexibility index (Phi) is 11.1. The molecule has 1 fully saturated rings. The summed E-state index contributed by atoms with van der Waals surface area (Å²) in [5.74, 6) is -2.31. The minimum atomic E-state index is -0.929. The van der Waals surface area contributed by atoms with Gasteiger partial charge in [-0.2, -0.15) is 0 Å². The van der Waals surface area contributed by atoms with E-state index in [1.165, 1.54) is 12.1 Å². The summed E-state index contributed by atoms with van der Waals surface area (Å²) in [6, 6.07) is 19.7. The molecule has 0 bridgehead atoms. The zero-order valence-electron chi connectivity index (χ0n) is 27.3. The lowest BCUT2D eigenvalue weighted by atomic mass is 9.91. The monoisotopic (exact) mass is 648 g/mol. The van der Waals surface area contributed by atoms with Crippen molar-refractivity contribution >= 4 is 11.8 Å². The van der Waals surface area contributed by atoms with Gasteiger partial charge < -0.3 is 20.8 Å². The second-order valence-corrected chi connectivity index (χ2v) is 14.0. The highest BCUT2D eigenvalue weighted by molar-refractivity contribution is 5.83. The fourth-order valence-corrected chi connectivity index (χ4v) is 6.71. The molecule has 0 radical (unpaired) electrons. The van der Waals surface area contributed by atoms with Gasteiger partial charge in [-0.15, -0.1) is 0 Å². The summed E-state index contributed by atoms with van der Waals surface area (Å²) in [7, 11) is 0. The first kappa shape index (κ1) is 34.6. The summed E-state index contributed by atoms with van der Waals surface area (Å²) in [4.78, 5) is 31.2. The third kappa shape index (κ3) is 9.22. The van der Waals surface area contributed by atoms with E-state index >= 15 is 0 Å². The van der Waals surface area contributed by atoms with Crippen LogP contribution in [-0.2, 0) is 29.0 Å². The molecule has 252 valence electrons. The maximum atomic E-state index is 14.5. The molecular formula is C37H46F2N4O4. The van der Waals surface area contributed by atoms with Gasteiger partial charge >= 0.3 is 0 Å². The SMILES string of the molecule is CC(C)(C)NC(=O)[C@@H]1CN(Cc2ccc(F)cc2F)CCN1C[C@@H](O)C[C@H](Cc1ccccc1)C(=O)N[C@H]1c2ccccc2C[C@H]1O. The highest BCUT2D eigenvalue weighted by Gasteiger charge is 2.37. The first-order valence-corrected chi connectivity index (χ1v) is 16.4. The number of nitrogens with one attached hydrogen (secondary N) is 2. The summed E-state index contributed by atoms with van der Waals surface area (Å²) < 4.78 is 28.0. The number of piperazine rings is 1. The molecule has 8 nitrogen and oxygen atoms in total. The Labute approximate surface area is 275 Å². The van der Waals surface area contributed by atoms with Crippen LogP contribution in [0.5, 0.6) is 0 Å². The number of benzene rings is 3. The molecule has 0 aromatic heterocycles. The summed E-state index contributed by atoms with van der Waals surface area (Å²) in [6.07, 6.45) is -0.647. The second-order valence-electron chi connectivity index (χ2n) is 14.0. The topological polar surface area (TPSA) is 105 Å². The summed E-state index contributed by atoms with van der Waals surface area (Å²) in [5, 5.41) is 28.4. The molecule has 47 heavy (non-hydrogen) atoms. The van der Waals surface area contributed by atoms with Crippen molar-refractivity contribution in [2.75, 3.05) is 26.2 Å². The van der Waals surface area contributed by atoms with Crippen LogP contribution in [0.4, 0.5) is 8.78 Å². The lowest BCUT2D eigenvalue weighted by molar-refractivity contribution is -0.132. The van der Waals surface area contributed by atoms with Gasteiger partial charge in [0, 0.05) is 62.2 Å². The average molecular weight is 649 g/mol. The number of fused-ring (bicyclic) bond motifs is 1. The van der Waals surface area contributed by atoms with Gasteiger partial charge in [-0.3, -0.25) is 19.4 Å². The van der Waals surface area contributed by atoms with E-state index in [1.54, 1.807) is 0 Å². The number of amides is 2. The van der Waals surface area contributed by atoms with E-state index < -0.39 is 47.4 Å². The standard InChI is InChI=1S/C37H46F2N4O4/c1-37(2,3)41-36(47)32-23-42(21-26-13-14-28(38)20-31(26)39)15-16-43(32)22-29(44)18-27(17-24-9-5-4-6-10-24)35(46)40-34-30-12-8-7-11-25(30)19-33(34)45/h4-14,20,27,29,32-34,44-45H,15-19,21-23H2,1-3H3,(H,40,46)(H,41,47)/t27-,29-,32-,33+,34-/m0/s1. The molecule has 1 aliphatic heterocycles. The molecule has 3 aromatic carbocycles. The maximum absolute atomic E-state index is 14.5. The number of carbonyl (C=O) groups excluding carboxylic acids is 2. The Morgan fingerprint density at radius 1 is 1.00 bits per heavy atom. The quantitative estimate of drug-likeness (QED) is 0.253. The molecule has 5 rings (SSSR count). The van der Waals surface area contributed by atoms with E-state index in [-0.39, 0.29) is 31.3 Å². The van der Waals surface area contributed by atoms with Gasteiger partial charge in [-0.25, -0.2) is 8.78 Å². The Morgan fingerprint density at radius 2 is 1.72 bits per heavy atom. The first-order valence-electron chi connectivity index (χ1n) is 16.4. The molecule has 0 unspecified atom stereocenters. The number of rotatable bonds is 11. The summed E-state index contributed by atoms with van der Waals surface area (Å²) in [5.41, 5.74) is 2.72. The minimum Gasteiger partial charge on any atom is -0.392 e. The van der Waals surface area contributed by atoms with Gasteiger partial charge in [0.15, 0.2) is 0 Å². The van der Waals surface area contributed by atoms with Crippen LogP contribution in [0.25, 0.3) is 0 Å². The largest absolute Gasteiger partial charge is 0.392 e. The summed E-state index contributed by atoms with van der Waals surface area (Å²) in [6.45, 7) is 7.30. The van der Waals surface area contributed by atoms with Crippen molar-refractivity contribution in [3.63, 3.8) is 0 Å². The molecular weight excluding hydrogens is 602 g/mol. The number of aliphatic hydroxyl groups excluding tert-OH is 2. The molecule has 0 spiro atoms. The predicted molar refractivity (Wildman–Crippen MR) is 176 cm³/mol. The molecule has 1 aliphatic carbocycles. The van der Waals surface area contributed by atoms with Gasteiger partial charge in [-0.05, 0) is 56.4 Å². The van der Waals surface area contributed by atoms with Gasteiger partial charge in [-0.1, -0.05) is 60.7 Å². The smallest absolute Gasteiger partial charge is 0.239 e. The van der Waals surface area contributed by atoms with Gasteiger partial charge in [0.05, 0.1) is 18.2 Å². The van der Waals surface area contributed by atoms with Crippen molar-refractivity contribution in [1.82, 2.24) is 20.4 Å². The van der Waals surface area contributed by atoms with Crippen LogP contribution in [0.3, 0.4) is 0 Å². The van der Waals surface area contributed by atoms with E-state index in [0.29, 0.717) is 38.0 Å². The fraction of sp³-hybridized carbons (Fsp3) is 0.459. The van der Waals surface area contributed by atoms with E-state index in [4.69, 9.17) is 0 Å². The molecule has 1 saturated heterocycles. The number of hydrogen-bond donors (Lipinski definition) is 4. The summed E-state index contributed by atoms with van der Waals surface area (Å²) >= 11 is 0. The highest BCUT2D eigenvalue weighted by Crippen LogP contribution is 2.32. The minimum absolute atomic E-state index is 0.153. The van der Waals surface area contributed by atoms with Crippen molar-refractivity contribution in [1.29, 1.82) is 0 Å². The van der Waals surface area contributed by atoms with Gasteiger partial charge in [0.2, 0.25) is 11.8 Å². The Morgan fingerprint density at radius 3 is 2.45 bits per heavy atom. The van der Waals surface area contributed by atoms with E-state index in [1.807, 2.05) is 85.2 Å². The van der Waals surface area contributed by atoms with Crippen LogP contribution in [0.15, 0.2) is 72.8 Å². The van der Waals surface area contributed by atoms with Crippen molar-refractivity contribution in [3.8, 4) is 0 Å². The molecule has 2 amide bonds. The van der Waals surface area contributed by atoms with Crippen molar-refractivity contribution in [3.05, 3.63) is 107 Å². The number of carbonyl (C=O) groups is 2. The first-order chi connectivity index (χ1) is 22.4. The molecule has 0 saturated carbocycles.